The average molecular weight is 355 g/mol. The molecule has 8 heteroatoms. The molecule has 2 rings (SSSR count). The molecule has 0 aromatic heterocycles. The highest BCUT2D eigenvalue weighted by atomic mass is 32.2. The summed E-state index contributed by atoms with van der Waals surface area (Å²) in [6, 6.07) is 5.19. The Bertz CT molecular complexity index is 720. The number of amides is 1. The van der Waals surface area contributed by atoms with Crippen LogP contribution in [0.15, 0.2) is 18.2 Å². The highest BCUT2D eigenvalue weighted by Crippen LogP contribution is 2.27. The minimum atomic E-state index is -3.31. The number of hydrogen-bond donors (Lipinski definition) is 1. The molecule has 1 amide bonds. The number of nitrogens with two attached hydrogens (primary N) is 1. The first-order chi connectivity index (χ1) is 11.1. The van der Waals surface area contributed by atoms with Crippen molar-refractivity contribution in [1.82, 2.24) is 9.21 Å². The number of nitrogen functional groups attached to an aromatic ring is 1. The van der Waals surface area contributed by atoms with Gasteiger partial charge >= 0.3 is 0 Å². The van der Waals surface area contributed by atoms with Crippen molar-refractivity contribution in [2.45, 2.75) is 19.4 Å². The van der Waals surface area contributed by atoms with E-state index in [9.17, 15) is 13.2 Å². The van der Waals surface area contributed by atoms with Crippen LogP contribution in [0.5, 0.6) is 5.75 Å². The van der Waals surface area contributed by atoms with Crippen LogP contribution in [-0.4, -0.2) is 63.1 Å². The lowest BCUT2D eigenvalue weighted by molar-refractivity contribution is -0.129. The van der Waals surface area contributed by atoms with Crippen molar-refractivity contribution in [3.63, 3.8) is 0 Å². The fraction of sp³-hybridized carbons (Fsp3) is 0.562. The number of likely N-dealkylation sites (N-methyl/N-ethyl adjacent to an activating group) is 2. The van der Waals surface area contributed by atoms with Gasteiger partial charge in [-0.2, -0.15) is 0 Å². The van der Waals surface area contributed by atoms with Gasteiger partial charge in [0.15, 0.2) is 0 Å². The molecule has 0 unspecified atom stereocenters. The van der Waals surface area contributed by atoms with Crippen molar-refractivity contribution in [3.05, 3.63) is 23.8 Å². The number of carbonyl (C=O) groups is 1. The van der Waals surface area contributed by atoms with E-state index in [2.05, 4.69) is 0 Å². The van der Waals surface area contributed by atoms with Gasteiger partial charge in [0.2, 0.25) is 15.9 Å². The van der Waals surface area contributed by atoms with Crippen LogP contribution >= 0.6 is 0 Å². The molecule has 1 heterocycles. The van der Waals surface area contributed by atoms with Gasteiger partial charge in [0.25, 0.3) is 0 Å². The molecule has 7 nitrogen and oxygen atoms in total. The van der Waals surface area contributed by atoms with Crippen LogP contribution in [0.2, 0.25) is 0 Å². The van der Waals surface area contributed by atoms with Crippen LogP contribution in [-0.2, 0) is 21.2 Å². The summed E-state index contributed by atoms with van der Waals surface area (Å²) in [5, 5.41) is 0. The average Bonchev–Trinajstić information content (AvgIpc) is 2.50. The molecule has 0 aliphatic carbocycles. The maximum absolute atomic E-state index is 12.4. The van der Waals surface area contributed by atoms with Gasteiger partial charge in [-0.1, -0.05) is 6.92 Å². The zero-order valence-corrected chi connectivity index (χ0v) is 15.3. The van der Waals surface area contributed by atoms with Crippen molar-refractivity contribution in [2.75, 3.05) is 39.2 Å². The fourth-order valence-corrected chi connectivity index (χ4v) is 3.10. The number of sulfonamides is 1. The van der Waals surface area contributed by atoms with E-state index in [1.807, 2.05) is 6.92 Å². The molecular formula is C16H25N3O4S. The molecule has 134 valence electrons. The van der Waals surface area contributed by atoms with Crippen molar-refractivity contribution >= 4 is 21.6 Å². The van der Waals surface area contributed by atoms with Crippen molar-refractivity contribution < 1.29 is 17.9 Å². The number of rotatable bonds is 3. The van der Waals surface area contributed by atoms with Gasteiger partial charge in [-0.15, -0.1) is 0 Å². The molecule has 0 radical (unpaired) electrons. The maximum atomic E-state index is 12.4. The molecular weight excluding hydrogens is 330 g/mol. The van der Waals surface area contributed by atoms with E-state index in [-0.39, 0.29) is 30.9 Å². The quantitative estimate of drug-likeness (QED) is 0.800. The predicted octanol–water partition coefficient (Wildman–Crippen LogP) is 0.558. The third-order valence-corrected chi connectivity index (χ3v) is 5.61. The van der Waals surface area contributed by atoms with Crippen molar-refractivity contribution in [3.8, 4) is 5.75 Å². The van der Waals surface area contributed by atoms with E-state index < -0.39 is 10.0 Å². The highest BCUT2D eigenvalue weighted by molar-refractivity contribution is 7.88. The Morgan fingerprint density at radius 3 is 2.71 bits per heavy atom. The Balaban J connectivity index is 2.37. The van der Waals surface area contributed by atoms with Crippen molar-refractivity contribution in [2.24, 2.45) is 5.92 Å². The van der Waals surface area contributed by atoms with Gasteiger partial charge in [-0.25, -0.2) is 12.7 Å². The first kappa shape index (κ1) is 18.5. The van der Waals surface area contributed by atoms with E-state index in [1.165, 1.54) is 11.4 Å². The van der Waals surface area contributed by atoms with Crippen LogP contribution in [0.4, 0.5) is 5.69 Å². The summed E-state index contributed by atoms with van der Waals surface area (Å²) in [6.07, 6.45) is 0.996. The lowest BCUT2D eigenvalue weighted by atomic mass is 10.0. The van der Waals surface area contributed by atoms with Gasteiger partial charge in [-0.3, -0.25) is 4.79 Å². The van der Waals surface area contributed by atoms with E-state index in [1.54, 1.807) is 30.1 Å². The third kappa shape index (κ3) is 4.39. The molecule has 24 heavy (non-hydrogen) atoms. The van der Waals surface area contributed by atoms with Gasteiger partial charge in [0.05, 0.1) is 19.2 Å². The molecule has 1 aliphatic heterocycles. The standard InChI is InChI=1S/C16H25N3O4S/c1-11-9-18(2)16(20)8-12-7-13(17)5-6-14(12)23-15(11)10-19(3)24(4,21)22/h5-7,11,15H,8-10,17H2,1-4H3/t11-,15-/m0/s1. The van der Waals surface area contributed by atoms with Crippen LogP contribution in [0.3, 0.4) is 0 Å². The maximum Gasteiger partial charge on any atom is 0.226 e. The summed E-state index contributed by atoms with van der Waals surface area (Å²) < 4.78 is 30.8. The topological polar surface area (TPSA) is 92.9 Å². The molecule has 0 fully saturated rings. The molecule has 0 saturated heterocycles. The molecule has 0 saturated carbocycles. The van der Waals surface area contributed by atoms with Gasteiger partial charge in [0.1, 0.15) is 11.9 Å². The predicted molar refractivity (Wildman–Crippen MR) is 93.2 cm³/mol. The SMILES string of the molecule is C[C@H]1CN(C)C(=O)Cc2cc(N)ccc2O[C@H]1CN(C)S(C)(=O)=O. The lowest BCUT2D eigenvalue weighted by Gasteiger charge is -2.30. The highest BCUT2D eigenvalue weighted by Gasteiger charge is 2.29. The number of benzene rings is 1. The summed E-state index contributed by atoms with van der Waals surface area (Å²) >= 11 is 0. The summed E-state index contributed by atoms with van der Waals surface area (Å²) in [6.45, 7) is 2.66. The number of nitrogens with zero attached hydrogens (tertiary/aromatic N) is 2. The first-order valence-corrected chi connectivity index (χ1v) is 9.63. The largest absolute Gasteiger partial charge is 0.488 e. The molecule has 1 aromatic carbocycles. The second-order valence-electron chi connectivity index (χ2n) is 6.50. The fourth-order valence-electron chi connectivity index (χ4n) is 2.69. The van der Waals surface area contributed by atoms with Crippen LogP contribution in [0, 0.1) is 5.92 Å². The number of fused-ring (bicyclic) bond motifs is 1. The molecule has 2 N–H and O–H groups in total. The monoisotopic (exact) mass is 355 g/mol. The second kappa shape index (κ2) is 6.98. The van der Waals surface area contributed by atoms with Crippen LogP contribution in [0.25, 0.3) is 0 Å². The first-order valence-electron chi connectivity index (χ1n) is 7.78. The Hall–Kier alpha value is -1.80. The molecule has 1 aromatic rings. The normalized spacial score (nSPS) is 22.4. The van der Waals surface area contributed by atoms with Crippen LogP contribution < -0.4 is 10.5 Å². The minimum Gasteiger partial charge on any atom is -0.488 e. The summed E-state index contributed by atoms with van der Waals surface area (Å²) in [4.78, 5) is 14.0. The lowest BCUT2D eigenvalue weighted by Crippen LogP contribution is -2.43. The smallest absolute Gasteiger partial charge is 0.226 e. The van der Waals surface area contributed by atoms with Gasteiger partial charge < -0.3 is 15.4 Å². The van der Waals surface area contributed by atoms with E-state index in [0.717, 1.165) is 6.26 Å². The molecule has 0 bridgehead atoms. The zero-order chi connectivity index (χ0) is 18.1. The van der Waals surface area contributed by atoms with E-state index in [0.29, 0.717) is 23.5 Å². The zero-order valence-electron chi connectivity index (χ0n) is 14.5. The number of ether oxygens (including phenoxy) is 1. The Labute approximate surface area is 143 Å². The number of hydrogen-bond acceptors (Lipinski definition) is 5. The second-order valence-corrected chi connectivity index (χ2v) is 8.58. The Morgan fingerprint density at radius 1 is 1.42 bits per heavy atom. The number of anilines is 1. The third-order valence-electron chi connectivity index (χ3n) is 4.33. The van der Waals surface area contributed by atoms with Crippen molar-refractivity contribution in [1.29, 1.82) is 0 Å². The van der Waals surface area contributed by atoms with E-state index in [4.69, 9.17) is 10.5 Å². The summed E-state index contributed by atoms with van der Waals surface area (Å²) in [7, 11) is -0.0432. The van der Waals surface area contributed by atoms with Gasteiger partial charge in [0, 0.05) is 37.8 Å². The summed E-state index contributed by atoms with van der Waals surface area (Å²) in [5.41, 5.74) is 7.10. The van der Waals surface area contributed by atoms with Gasteiger partial charge in [-0.05, 0) is 18.2 Å². The molecule has 2 atom stereocenters. The summed E-state index contributed by atoms with van der Waals surface area (Å²) in [5.74, 6) is 0.521. The minimum absolute atomic E-state index is 0.0191. The van der Waals surface area contributed by atoms with Crippen LogP contribution in [0.1, 0.15) is 12.5 Å². The van der Waals surface area contributed by atoms with E-state index >= 15 is 0 Å². The molecule has 1 aliphatic rings. The Kier molecular flexibility index (Phi) is 5.39. The Morgan fingerprint density at radius 2 is 2.08 bits per heavy atom. The molecule has 0 spiro atoms. The number of carbonyl (C=O) groups excluding carboxylic acids is 1.